The molecule has 0 spiro atoms. The highest BCUT2D eigenvalue weighted by atomic mass is 32.1. The molecule has 0 N–H and O–H groups in total. The van der Waals surface area contributed by atoms with Gasteiger partial charge in [-0.05, 0) is 95.7 Å². The monoisotopic (exact) mass is 767 g/mol. The highest BCUT2D eigenvalue weighted by Crippen LogP contribution is 2.42. The Bertz CT molecular complexity index is 3620. The van der Waals surface area contributed by atoms with Crippen LogP contribution in [-0.2, 0) is 0 Å². The second-order valence-electron chi connectivity index (χ2n) is 15.1. The van der Waals surface area contributed by atoms with Crippen LogP contribution in [0.1, 0.15) is 0 Å². The summed E-state index contributed by atoms with van der Waals surface area (Å²) < 4.78 is 2.42. The number of hydrogen-bond acceptors (Lipinski definition) is 4. The van der Waals surface area contributed by atoms with Gasteiger partial charge in [0.1, 0.15) is 0 Å². The standard InChI is InChI=1S/C55H33N3S/c1-2-13-37-32-39(29-24-34(37)12-1)41-30-31-48(44-18-7-5-17-43(41)44)54-56-53(57-55(58-54)49-22-11-21-47-46-20-9-10-23-51(46)59-52(47)49)36-27-25-35(26-28-36)50-33-38-14-3-4-15-40(38)42-16-6-8-19-45(42)50/h1-33H. The summed E-state index contributed by atoms with van der Waals surface area (Å²) >= 11 is 1.79. The van der Waals surface area contributed by atoms with E-state index in [0.717, 1.165) is 33.0 Å². The number of rotatable bonds is 5. The molecule has 0 fully saturated rings. The minimum absolute atomic E-state index is 0.640. The fourth-order valence-corrected chi connectivity index (χ4v) is 10.1. The number of nitrogens with zero attached hydrogens (tertiary/aromatic N) is 3. The van der Waals surface area contributed by atoms with Crippen molar-refractivity contribution in [2.24, 2.45) is 0 Å². The molecule has 59 heavy (non-hydrogen) atoms. The van der Waals surface area contributed by atoms with Crippen LogP contribution < -0.4 is 0 Å². The summed E-state index contributed by atoms with van der Waals surface area (Å²) in [6, 6.07) is 71.7. The maximum absolute atomic E-state index is 5.33. The number of thiophene rings is 1. The van der Waals surface area contributed by atoms with Crippen LogP contribution in [0.15, 0.2) is 200 Å². The minimum Gasteiger partial charge on any atom is -0.208 e. The van der Waals surface area contributed by atoms with E-state index in [-0.39, 0.29) is 0 Å². The second-order valence-corrected chi connectivity index (χ2v) is 16.2. The van der Waals surface area contributed by atoms with Crippen molar-refractivity contribution >= 4 is 74.6 Å². The largest absolute Gasteiger partial charge is 0.208 e. The number of benzene rings is 10. The Kier molecular flexibility index (Phi) is 7.72. The zero-order valence-corrected chi connectivity index (χ0v) is 32.6. The third-order valence-corrected chi connectivity index (χ3v) is 12.9. The van der Waals surface area contributed by atoms with Gasteiger partial charge in [0, 0.05) is 36.9 Å². The molecule has 3 nitrogen and oxygen atoms in total. The first-order valence-corrected chi connectivity index (χ1v) is 20.7. The summed E-state index contributed by atoms with van der Waals surface area (Å²) in [5.74, 6) is 1.95. The van der Waals surface area contributed by atoms with E-state index in [0.29, 0.717) is 17.5 Å². The summed E-state index contributed by atoms with van der Waals surface area (Å²) in [5, 5.41) is 12.1. The topological polar surface area (TPSA) is 38.7 Å². The van der Waals surface area contributed by atoms with Gasteiger partial charge in [0.2, 0.25) is 0 Å². The van der Waals surface area contributed by atoms with E-state index < -0.39 is 0 Å². The van der Waals surface area contributed by atoms with Gasteiger partial charge < -0.3 is 0 Å². The Morgan fingerprint density at radius 1 is 0.271 bits per heavy atom. The Labute approximate surface area is 344 Å². The fourth-order valence-electron chi connectivity index (χ4n) is 8.86. The van der Waals surface area contributed by atoms with Gasteiger partial charge in [-0.1, -0.05) is 170 Å². The maximum atomic E-state index is 5.33. The van der Waals surface area contributed by atoms with Crippen molar-refractivity contribution in [1.82, 2.24) is 15.0 Å². The Hall–Kier alpha value is -7.53. The van der Waals surface area contributed by atoms with Crippen molar-refractivity contribution in [3.8, 4) is 56.4 Å². The van der Waals surface area contributed by atoms with Crippen molar-refractivity contribution in [1.29, 1.82) is 0 Å². The molecule has 0 atom stereocenters. The molecule has 0 radical (unpaired) electrons. The van der Waals surface area contributed by atoms with Gasteiger partial charge in [0.15, 0.2) is 17.5 Å². The lowest BCUT2D eigenvalue weighted by molar-refractivity contribution is 1.08. The molecular formula is C55H33N3S. The smallest absolute Gasteiger partial charge is 0.165 e. The van der Waals surface area contributed by atoms with Crippen LogP contribution in [0.25, 0.3) is 120 Å². The molecule has 2 heterocycles. The minimum atomic E-state index is 0.640. The lowest BCUT2D eigenvalue weighted by atomic mass is 9.93. The highest BCUT2D eigenvalue weighted by Gasteiger charge is 2.19. The first-order chi connectivity index (χ1) is 29.2. The number of fused-ring (bicyclic) bond motifs is 8. The summed E-state index contributed by atoms with van der Waals surface area (Å²) in [6.07, 6.45) is 0. The fraction of sp³-hybridized carbons (Fsp3) is 0. The molecule has 4 heteroatoms. The third kappa shape index (κ3) is 5.60. The molecule has 0 unspecified atom stereocenters. The van der Waals surface area contributed by atoms with Crippen molar-refractivity contribution < 1.29 is 0 Å². The van der Waals surface area contributed by atoms with Gasteiger partial charge in [-0.25, -0.2) is 15.0 Å². The molecule has 0 aliphatic carbocycles. The highest BCUT2D eigenvalue weighted by molar-refractivity contribution is 7.26. The molecule has 12 aromatic rings. The Morgan fingerprint density at radius 2 is 0.814 bits per heavy atom. The van der Waals surface area contributed by atoms with Crippen LogP contribution in [0.5, 0.6) is 0 Å². The molecule has 0 saturated heterocycles. The van der Waals surface area contributed by atoms with Crippen LogP contribution in [0.2, 0.25) is 0 Å². The van der Waals surface area contributed by atoms with E-state index in [4.69, 9.17) is 15.0 Å². The molecule has 274 valence electrons. The number of hydrogen-bond donors (Lipinski definition) is 0. The molecule has 0 aliphatic rings. The average Bonchev–Trinajstić information content (AvgIpc) is 3.70. The zero-order valence-electron chi connectivity index (χ0n) is 31.8. The second kappa shape index (κ2) is 13.6. The summed E-state index contributed by atoms with van der Waals surface area (Å²) in [4.78, 5) is 15.9. The van der Waals surface area contributed by atoms with Crippen molar-refractivity contribution in [3.05, 3.63) is 200 Å². The van der Waals surface area contributed by atoms with Crippen LogP contribution in [0.4, 0.5) is 0 Å². The van der Waals surface area contributed by atoms with Gasteiger partial charge in [-0.3, -0.25) is 0 Å². The first kappa shape index (κ1) is 33.6. The molecule has 10 aromatic carbocycles. The predicted octanol–water partition coefficient (Wildman–Crippen LogP) is 15.2. The van der Waals surface area contributed by atoms with E-state index >= 15 is 0 Å². The summed E-state index contributed by atoms with van der Waals surface area (Å²) in [6.45, 7) is 0. The van der Waals surface area contributed by atoms with E-state index in [1.165, 1.54) is 69.2 Å². The Balaban J connectivity index is 1.04. The van der Waals surface area contributed by atoms with E-state index in [1.807, 2.05) is 0 Å². The third-order valence-electron chi connectivity index (χ3n) is 11.7. The lowest BCUT2D eigenvalue weighted by Gasteiger charge is -2.14. The summed E-state index contributed by atoms with van der Waals surface area (Å²) in [7, 11) is 0. The molecular weight excluding hydrogens is 735 g/mol. The van der Waals surface area contributed by atoms with Crippen molar-refractivity contribution in [2.75, 3.05) is 0 Å². The lowest BCUT2D eigenvalue weighted by Crippen LogP contribution is -2.01. The molecule has 0 bridgehead atoms. The van der Waals surface area contributed by atoms with Crippen molar-refractivity contribution in [2.45, 2.75) is 0 Å². The SMILES string of the molecule is c1ccc2cc(-c3ccc(-c4nc(-c5ccc(-c6cc7ccccc7c7ccccc67)cc5)nc(-c5cccc6c5sc5ccccc56)n4)c4ccccc34)ccc2c1. The molecule has 12 rings (SSSR count). The van der Waals surface area contributed by atoms with E-state index in [9.17, 15) is 0 Å². The van der Waals surface area contributed by atoms with Crippen LogP contribution in [0, 0.1) is 0 Å². The van der Waals surface area contributed by atoms with Crippen LogP contribution in [-0.4, -0.2) is 15.0 Å². The van der Waals surface area contributed by atoms with Crippen LogP contribution >= 0.6 is 11.3 Å². The van der Waals surface area contributed by atoms with Gasteiger partial charge in [0.25, 0.3) is 0 Å². The quantitative estimate of drug-likeness (QED) is 0.164. The van der Waals surface area contributed by atoms with Gasteiger partial charge in [-0.15, -0.1) is 11.3 Å². The van der Waals surface area contributed by atoms with Gasteiger partial charge in [-0.2, -0.15) is 0 Å². The molecule has 2 aromatic heterocycles. The van der Waals surface area contributed by atoms with E-state index in [2.05, 4.69) is 200 Å². The normalized spacial score (nSPS) is 11.7. The molecule has 0 amide bonds. The molecule has 0 saturated carbocycles. The molecule has 0 aliphatic heterocycles. The van der Waals surface area contributed by atoms with Gasteiger partial charge in [0.05, 0.1) is 0 Å². The first-order valence-electron chi connectivity index (χ1n) is 19.9. The number of aromatic nitrogens is 3. The van der Waals surface area contributed by atoms with Crippen molar-refractivity contribution in [3.63, 3.8) is 0 Å². The van der Waals surface area contributed by atoms with Crippen LogP contribution in [0.3, 0.4) is 0 Å². The predicted molar refractivity (Wildman–Crippen MR) is 250 cm³/mol. The maximum Gasteiger partial charge on any atom is 0.165 e. The Morgan fingerprint density at radius 3 is 1.61 bits per heavy atom. The van der Waals surface area contributed by atoms with E-state index in [1.54, 1.807) is 11.3 Å². The average molecular weight is 768 g/mol. The summed E-state index contributed by atoms with van der Waals surface area (Å²) in [5.41, 5.74) is 7.62. The zero-order chi connectivity index (χ0) is 38.9. The van der Waals surface area contributed by atoms with Gasteiger partial charge >= 0.3 is 0 Å².